The van der Waals surface area contributed by atoms with Gasteiger partial charge in [0, 0.05) is 24.5 Å². The van der Waals surface area contributed by atoms with Gasteiger partial charge in [0.15, 0.2) is 0 Å². The first-order chi connectivity index (χ1) is 10.8. The van der Waals surface area contributed by atoms with E-state index in [4.69, 9.17) is 0 Å². The summed E-state index contributed by atoms with van der Waals surface area (Å²) in [5.74, 6) is -0.291. The lowest BCUT2D eigenvalue weighted by atomic mass is 10.2. The van der Waals surface area contributed by atoms with Gasteiger partial charge >= 0.3 is 0 Å². The molecule has 1 aromatic heterocycles. The first-order valence-electron chi connectivity index (χ1n) is 7.16. The molecule has 2 aromatic rings. The number of carbonyl (C=O) groups is 1. The van der Waals surface area contributed by atoms with Crippen LogP contribution in [0.5, 0.6) is 0 Å². The molecule has 0 bridgehead atoms. The molecule has 1 amide bonds. The maximum atomic E-state index is 12.2. The molecule has 23 heavy (non-hydrogen) atoms. The smallest absolute Gasteiger partial charge is 0.251 e. The molecule has 0 atom stereocenters. The fraction of sp³-hybridized carbons (Fsp3) is 0.333. The summed E-state index contributed by atoms with van der Waals surface area (Å²) in [4.78, 5) is 12.2. The molecule has 0 unspecified atom stereocenters. The Morgan fingerprint density at radius 3 is 2.65 bits per heavy atom. The minimum absolute atomic E-state index is 0.291. The number of carbonyl (C=O) groups excluding carboxylic acids is 1. The molecular formula is C15H20N4O3S. The Kier molecular flexibility index (Phi) is 5.05. The van der Waals surface area contributed by atoms with Crippen LogP contribution >= 0.6 is 0 Å². The molecule has 0 spiro atoms. The van der Waals surface area contributed by atoms with E-state index in [0.717, 1.165) is 5.69 Å². The molecule has 8 heteroatoms. The van der Waals surface area contributed by atoms with Crippen LogP contribution in [-0.4, -0.2) is 29.4 Å². The second-order valence-corrected chi connectivity index (χ2v) is 7.68. The van der Waals surface area contributed by atoms with Crippen LogP contribution in [0.1, 0.15) is 29.9 Å². The zero-order valence-corrected chi connectivity index (χ0v) is 14.1. The van der Waals surface area contributed by atoms with Crippen molar-refractivity contribution < 1.29 is 13.2 Å². The number of rotatable bonds is 6. The fourth-order valence-electron chi connectivity index (χ4n) is 1.84. The average molecular weight is 336 g/mol. The van der Waals surface area contributed by atoms with Crippen molar-refractivity contribution in [3.63, 3.8) is 0 Å². The van der Waals surface area contributed by atoms with Gasteiger partial charge in [-0.05, 0) is 38.1 Å². The highest BCUT2D eigenvalue weighted by molar-refractivity contribution is 7.93. The Balaban J connectivity index is 2.05. The van der Waals surface area contributed by atoms with Crippen LogP contribution in [0.2, 0.25) is 0 Å². The minimum Gasteiger partial charge on any atom is -0.346 e. The number of benzene rings is 1. The molecule has 2 rings (SSSR count). The van der Waals surface area contributed by atoms with Gasteiger partial charge in [0.05, 0.1) is 17.5 Å². The minimum atomic E-state index is -3.44. The molecule has 0 fully saturated rings. The van der Waals surface area contributed by atoms with Crippen LogP contribution in [0.15, 0.2) is 36.5 Å². The molecule has 0 aliphatic rings. The van der Waals surface area contributed by atoms with Gasteiger partial charge in [-0.15, -0.1) is 0 Å². The van der Waals surface area contributed by atoms with Gasteiger partial charge in [-0.1, -0.05) is 6.07 Å². The number of anilines is 1. The third kappa shape index (κ3) is 4.56. The molecule has 0 aliphatic heterocycles. The molecule has 7 nitrogen and oxygen atoms in total. The molecule has 1 heterocycles. The second kappa shape index (κ2) is 6.82. The zero-order valence-electron chi connectivity index (χ0n) is 13.3. The van der Waals surface area contributed by atoms with E-state index in [1.807, 2.05) is 6.07 Å². The molecule has 0 saturated heterocycles. The third-order valence-electron chi connectivity index (χ3n) is 3.20. The molecule has 2 N–H and O–H groups in total. The second-order valence-electron chi connectivity index (χ2n) is 5.44. The number of nitrogens with one attached hydrogen (secondary N) is 2. The van der Waals surface area contributed by atoms with Gasteiger partial charge in [-0.3, -0.25) is 14.2 Å². The summed E-state index contributed by atoms with van der Waals surface area (Å²) in [6.45, 7) is 3.49. The molecule has 0 saturated carbocycles. The molecule has 0 radical (unpaired) electrons. The topological polar surface area (TPSA) is 93.1 Å². The summed E-state index contributed by atoms with van der Waals surface area (Å²) in [5.41, 5.74) is 1.49. The van der Waals surface area contributed by atoms with E-state index in [-0.39, 0.29) is 5.91 Å². The van der Waals surface area contributed by atoms with Crippen molar-refractivity contribution in [3.05, 3.63) is 47.8 Å². The summed E-state index contributed by atoms with van der Waals surface area (Å²) < 4.78 is 27.9. The van der Waals surface area contributed by atoms with Crippen molar-refractivity contribution in [3.8, 4) is 0 Å². The fourth-order valence-corrected chi connectivity index (χ4v) is 2.53. The monoisotopic (exact) mass is 336 g/mol. The van der Waals surface area contributed by atoms with Gasteiger partial charge in [0.2, 0.25) is 10.0 Å². The Bertz CT molecular complexity index is 797. The van der Waals surface area contributed by atoms with Crippen molar-refractivity contribution >= 4 is 21.6 Å². The number of aryl methyl sites for hydroxylation is 1. The van der Waals surface area contributed by atoms with Gasteiger partial charge < -0.3 is 5.32 Å². The summed E-state index contributed by atoms with van der Waals surface area (Å²) in [7, 11) is -1.64. The largest absolute Gasteiger partial charge is 0.346 e. The molecular weight excluding hydrogens is 316 g/mol. The van der Waals surface area contributed by atoms with Crippen LogP contribution in [-0.2, 0) is 23.6 Å². The van der Waals surface area contributed by atoms with E-state index in [0.29, 0.717) is 17.8 Å². The van der Waals surface area contributed by atoms with Gasteiger partial charge in [0.25, 0.3) is 5.91 Å². The number of nitrogens with zero attached hydrogens (tertiary/aromatic N) is 2. The standard InChI is InChI=1S/C15H20N4O3S/c1-11(2)23(21,22)18-13-6-4-5-12(9-13)15(20)16-10-14-7-8-19(3)17-14/h4-9,11,18H,10H2,1-3H3,(H,16,20). The number of aromatic nitrogens is 2. The summed E-state index contributed by atoms with van der Waals surface area (Å²) in [5, 5.41) is 6.37. The van der Waals surface area contributed by atoms with Crippen LogP contribution in [0.4, 0.5) is 5.69 Å². The Labute approximate surface area is 135 Å². The maximum absolute atomic E-state index is 12.2. The number of sulfonamides is 1. The summed E-state index contributed by atoms with van der Waals surface area (Å²) in [6, 6.07) is 8.19. The summed E-state index contributed by atoms with van der Waals surface area (Å²) >= 11 is 0. The normalized spacial score (nSPS) is 11.5. The van der Waals surface area contributed by atoms with Crippen LogP contribution in [0.3, 0.4) is 0 Å². The number of amides is 1. The van der Waals surface area contributed by atoms with E-state index >= 15 is 0 Å². The van der Waals surface area contributed by atoms with E-state index < -0.39 is 15.3 Å². The van der Waals surface area contributed by atoms with Gasteiger partial charge in [-0.2, -0.15) is 5.10 Å². The van der Waals surface area contributed by atoms with Crippen molar-refractivity contribution in [2.24, 2.45) is 7.05 Å². The molecule has 0 aliphatic carbocycles. The third-order valence-corrected chi connectivity index (χ3v) is 4.97. The highest BCUT2D eigenvalue weighted by Crippen LogP contribution is 2.14. The van der Waals surface area contributed by atoms with E-state index in [9.17, 15) is 13.2 Å². The van der Waals surface area contributed by atoms with Crippen molar-refractivity contribution in [2.45, 2.75) is 25.6 Å². The first-order valence-corrected chi connectivity index (χ1v) is 8.71. The lowest BCUT2D eigenvalue weighted by molar-refractivity contribution is 0.0950. The highest BCUT2D eigenvalue weighted by Gasteiger charge is 2.16. The van der Waals surface area contributed by atoms with Crippen LogP contribution < -0.4 is 10.0 Å². The Morgan fingerprint density at radius 2 is 2.04 bits per heavy atom. The summed E-state index contributed by atoms with van der Waals surface area (Å²) in [6.07, 6.45) is 1.79. The lowest BCUT2D eigenvalue weighted by Gasteiger charge is -2.11. The Morgan fingerprint density at radius 1 is 1.30 bits per heavy atom. The predicted molar refractivity (Wildman–Crippen MR) is 88.5 cm³/mol. The first kappa shape index (κ1) is 17.0. The van der Waals surface area contributed by atoms with E-state index in [1.165, 1.54) is 6.07 Å². The lowest BCUT2D eigenvalue weighted by Crippen LogP contribution is -2.24. The SMILES string of the molecule is CC(C)S(=O)(=O)Nc1cccc(C(=O)NCc2ccn(C)n2)c1. The van der Waals surface area contributed by atoms with Gasteiger partial charge in [-0.25, -0.2) is 8.42 Å². The molecule has 1 aromatic carbocycles. The maximum Gasteiger partial charge on any atom is 0.251 e. The zero-order chi connectivity index (χ0) is 17.0. The predicted octanol–water partition coefficient (Wildman–Crippen LogP) is 1.50. The van der Waals surface area contributed by atoms with Crippen molar-refractivity contribution in [1.82, 2.24) is 15.1 Å². The Hall–Kier alpha value is -2.35. The van der Waals surface area contributed by atoms with E-state index in [2.05, 4.69) is 15.1 Å². The van der Waals surface area contributed by atoms with Crippen LogP contribution in [0.25, 0.3) is 0 Å². The van der Waals surface area contributed by atoms with Crippen LogP contribution in [0, 0.1) is 0 Å². The quantitative estimate of drug-likeness (QED) is 0.836. The van der Waals surface area contributed by atoms with Crippen molar-refractivity contribution in [2.75, 3.05) is 4.72 Å². The number of hydrogen-bond acceptors (Lipinski definition) is 4. The van der Waals surface area contributed by atoms with Crippen molar-refractivity contribution in [1.29, 1.82) is 0 Å². The molecule has 124 valence electrons. The van der Waals surface area contributed by atoms with E-state index in [1.54, 1.807) is 50.0 Å². The highest BCUT2D eigenvalue weighted by atomic mass is 32.2. The number of hydrogen-bond donors (Lipinski definition) is 2. The van der Waals surface area contributed by atoms with Gasteiger partial charge in [0.1, 0.15) is 0 Å². The average Bonchev–Trinajstić information content (AvgIpc) is 2.90.